The molecule has 1 aromatic heterocycles. The molecule has 2 aliphatic heterocycles. The molecule has 0 radical (unpaired) electrons. The van der Waals surface area contributed by atoms with Gasteiger partial charge in [0.25, 0.3) is 0 Å². The van der Waals surface area contributed by atoms with E-state index in [0.29, 0.717) is 23.8 Å². The summed E-state index contributed by atoms with van der Waals surface area (Å²) in [6.45, 7) is 0.943. The van der Waals surface area contributed by atoms with Crippen LogP contribution in [-0.2, 0) is 17.9 Å². The normalized spacial score (nSPS) is 16.4. The van der Waals surface area contributed by atoms with Crippen LogP contribution in [0.25, 0.3) is 0 Å². The van der Waals surface area contributed by atoms with Crippen LogP contribution in [0.4, 0.5) is 23.4 Å². The van der Waals surface area contributed by atoms with Gasteiger partial charge in [0.15, 0.2) is 5.82 Å². The van der Waals surface area contributed by atoms with Crippen LogP contribution in [0, 0.1) is 0 Å². The first kappa shape index (κ1) is 20.1. The zero-order valence-corrected chi connectivity index (χ0v) is 15.9. The highest BCUT2D eigenvalue weighted by atomic mass is 19.4. The molecule has 7 nitrogen and oxygen atoms in total. The van der Waals surface area contributed by atoms with E-state index in [1.807, 2.05) is 0 Å². The molecule has 30 heavy (non-hydrogen) atoms. The van der Waals surface area contributed by atoms with Gasteiger partial charge in [-0.05, 0) is 23.8 Å². The number of allylic oxidation sites excluding steroid dienone is 2. The minimum Gasteiger partial charge on any atom is -0.425 e. The van der Waals surface area contributed by atoms with Gasteiger partial charge >= 0.3 is 12.4 Å². The number of alkyl halides is 3. The van der Waals surface area contributed by atoms with E-state index < -0.39 is 12.1 Å². The highest BCUT2D eigenvalue weighted by Gasteiger charge is 2.31. The minimum atomic E-state index is -4.81. The second kappa shape index (κ2) is 7.90. The van der Waals surface area contributed by atoms with Gasteiger partial charge in [0, 0.05) is 19.3 Å². The second-order valence-electron chi connectivity index (χ2n) is 6.74. The van der Waals surface area contributed by atoms with Crippen molar-refractivity contribution in [3.8, 4) is 17.5 Å². The van der Waals surface area contributed by atoms with E-state index in [-0.39, 0.29) is 37.3 Å². The van der Waals surface area contributed by atoms with Crippen LogP contribution in [0.1, 0.15) is 5.69 Å². The summed E-state index contributed by atoms with van der Waals surface area (Å²) in [6.07, 6.45) is -1.71. The number of ether oxygens (including phenoxy) is 3. The number of halogens is 4. The summed E-state index contributed by atoms with van der Waals surface area (Å²) in [4.78, 5) is 6.25. The van der Waals surface area contributed by atoms with Crippen LogP contribution in [0.3, 0.4) is 0 Å². The van der Waals surface area contributed by atoms with Crippen molar-refractivity contribution >= 4 is 5.82 Å². The van der Waals surface area contributed by atoms with Gasteiger partial charge in [-0.25, -0.2) is 4.39 Å². The third kappa shape index (κ3) is 4.51. The number of nitrogens with zero attached hydrogens (tertiary/aromatic N) is 3. The molecule has 4 rings (SSSR count). The van der Waals surface area contributed by atoms with E-state index in [0.717, 1.165) is 6.07 Å². The number of benzene rings is 1. The molecule has 1 aromatic carbocycles. The molecule has 1 N–H and O–H groups in total. The zero-order chi connectivity index (χ0) is 21.3. The van der Waals surface area contributed by atoms with Crippen molar-refractivity contribution in [2.45, 2.75) is 19.5 Å². The van der Waals surface area contributed by atoms with E-state index >= 15 is 0 Å². The average molecular weight is 426 g/mol. The molecule has 3 heterocycles. The van der Waals surface area contributed by atoms with Gasteiger partial charge in [0.1, 0.15) is 24.1 Å². The quantitative estimate of drug-likeness (QED) is 0.734. The molecule has 0 aliphatic carbocycles. The van der Waals surface area contributed by atoms with Crippen LogP contribution in [0.15, 0.2) is 47.9 Å². The highest BCUT2D eigenvalue weighted by molar-refractivity contribution is 5.48. The largest absolute Gasteiger partial charge is 0.573 e. The van der Waals surface area contributed by atoms with Crippen molar-refractivity contribution < 1.29 is 31.8 Å². The lowest BCUT2D eigenvalue weighted by atomic mass is 10.2. The number of anilines is 1. The zero-order valence-electron chi connectivity index (χ0n) is 15.9. The van der Waals surface area contributed by atoms with Crippen LogP contribution in [-0.4, -0.2) is 36.2 Å². The number of hydrogen-bond donors (Lipinski definition) is 1. The van der Waals surface area contributed by atoms with E-state index in [2.05, 4.69) is 15.0 Å². The first-order chi connectivity index (χ1) is 14.3. The SMILES string of the molecule is CN1COCc2c1nc(Oc1cccc(OC(F)(F)F)c1)n2CC1=CNCC(F)=C1. The first-order valence-corrected chi connectivity index (χ1v) is 8.99. The summed E-state index contributed by atoms with van der Waals surface area (Å²) in [5, 5.41) is 2.84. The lowest BCUT2D eigenvalue weighted by Crippen LogP contribution is -2.27. The number of dihydropyridines is 1. The van der Waals surface area contributed by atoms with E-state index in [9.17, 15) is 17.6 Å². The molecular formula is C19H18F4N4O3. The molecule has 0 amide bonds. The van der Waals surface area contributed by atoms with Crippen molar-refractivity contribution in [1.82, 2.24) is 14.9 Å². The maximum Gasteiger partial charge on any atom is 0.573 e. The lowest BCUT2D eigenvalue weighted by Gasteiger charge is -2.24. The Morgan fingerprint density at radius 1 is 1.27 bits per heavy atom. The number of imidazole rings is 1. The lowest BCUT2D eigenvalue weighted by molar-refractivity contribution is -0.274. The molecule has 0 saturated heterocycles. The summed E-state index contributed by atoms with van der Waals surface area (Å²) in [5.74, 6) is 0.0102. The smallest absolute Gasteiger partial charge is 0.425 e. The number of rotatable bonds is 5. The predicted octanol–water partition coefficient (Wildman–Crippen LogP) is 3.84. The number of fused-ring (bicyclic) bond motifs is 1. The Balaban J connectivity index is 1.66. The molecule has 0 fully saturated rings. The van der Waals surface area contributed by atoms with Crippen molar-refractivity contribution in [3.05, 3.63) is 53.6 Å². The number of aromatic nitrogens is 2. The third-order valence-corrected chi connectivity index (χ3v) is 4.39. The van der Waals surface area contributed by atoms with Gasteiger partial charge < -0.3 is 24.4 Å². The van der Waals surface area contributed by atoms with Gasteiger partial charge in [0.2, 0.25) is 0 Å². The maximum absolute atomic E-state index is 13.7. The summed E-state index contributed by atoms with van der Waals surface area (Å²) in [6, 6.07) is 5.30. The molecule has 0 atom stereocenters. The fourth-order valence-corrected chi connectivity index (χ4v) is 3.17. The van der Waals surface area contributed by atoms with Gasteiger partial charge in [-0.15, -0.1) is 13.2 Å². The summed E-state index contributed by atoms with van der Waals surface area (Å²) in [5.41, 5.74) is 1.35. The Labute approximate surface area is 169 Å². The number of hydrogen-bond acceptors (Lipinski definition) is 6. The number of nitrogens with one attached hydrogen (secondary N) is 1. The Hall–Kier alpha value is -3.21. The Morgan fingerprint density at radius 3 is 2.83 bits per heavy atom. The van der Waals surface area contributed by atoms with E-state index in [1.54, 1.807) is 22.7 Å². The van der Waals surface area contributed by atoms with E-state index in [4.69, 9.17) is 9.47 Å². The summed E-state index contributed by atoms with van der Waals surface area (Å²) in [7, 11) is 1.79. The molecule has 0 saturated carbocycles. The monoisotopic (exact) mass is 426 g/mol. The fourth-order valence-electron chi connectivity index (χ4n) is 3.17. The second-order valence-corrected chi connectivity index (χ2v) is 6.74. The van der Waals surface area contributed by atoms with Crippen LogP contribution < -0.4 is 19.7 Å². The summed E-state index contributed by atoms with van der Waals surface area (Å²) >= 11 is 0. The van der Waals surface area contributed by atoms with Gasteiger partial charge in [0.05, 0.1) is 25.4 Å². The third-order valence-electron chi connectivity index (χ3n) is 4.39. The van der Waals surface area contributed by atoms with Crippen molar-refractivity contribution in [3.63, 3.8) is 0 Å². The van der Waals surface area contributed by atoms with Gasteiger partial charge in [-0.2, -0.15) is 4.98 Å². The minimum absolute atomic E-state index is 0.112. The van der Waals surface area contributed by atoms with Crippen molar-refractivity contribution in [2.24, 2.45) is 0 Å². The standard InChI is InChI=1S/C19H18F4N4O3/c1-26-11-28-10-16-17(26)25-18(27(16)9-12-5-13(20)8-24-7-12)29-14-3-2-4-15(6-14)30-19(21,22)23/h2-7,24H,8-11H2,1H3. The average Bonchev–Trinajstić information content (AvgIpc) is 2.99. The van der Waals surface area contributed by atoms with Crippen molar-refractivity contribution in [2.75, 3.05) is 25.2 Å². The summed E-state index contributed by atoms with van der Waals surface area (Å²) < 4.78 is 68.1. The van der Waals surface area contributed by atoms with Crippen molar-refractivity contribution in [1.29, 1.82) is 0 Å². The molecule has 0 bridgehead atoms. The molecule has 160 valence electrons. The maximum atomic E-state index is 13.7. The predicted molar refractivity (Wildman–Crippen MR) is 98.8 cm³/mol. The topological polar surface area (TPSA) is 60.8 Å². The first-order valence-electron chi connectivity index (χ1n) is 8.99. The van der Waals surface area contributed by atoms with Gasteiger partial charge in [-0.3, -0.25) is 4.57 Å². The Kier molecular flexibility index (Phi) is 5.29. The molecule has 0 spiro atoms. The van der Waals surface area contributed by atoms with Crippen LogP contribution in [0.5, 0.6) is 17.5 Å². The molecular weight excluding hydrogens is 408 g/mol. The van der Waals surface area contributed by atoms with Crippen LogP contribution >= 0.6 is 0 Å². The van der Waals surface area contributed by atoms with Crippen LogP contribution in [0.2, 0.25) is 0 Å². The Morgan fingerprint density at radius 2 is 2.07 bits per heavy atom. The molecule has 2 aromatic rings. The van der Waals surface area contributed by atoms with E-state index in [1.165, 1.54) is 24.3 Å². The Bertz CT molecular complexity index is 1000. The fraction of sp³-hybridized carbons (Fsp3) is 0.316. The highest BCUT2D eigenvalue weighted by Crippen LogP contribution is 2.34. The molecule has 11 heteroatoms. The molecule has 0 unspecified atom stereocenters. The van der Waals surface area contributed by atoms with Gasteiger partial charge in [-0.1, -0.05) is 6.07 Å². The molecule has 2 aliphatic rings.